The van der Waals surface area contributed by atoms with Crippen molar-refractivity contribution in [1.29, 1.82) is 0 Å². The van der Waals surface area contributed by atoms with Crippen molar-refractivity contribution in [2.24, 2.45) is 0 Å². The maximum atomic E-state index is 12.0. The molecule has 3 rings (SSSR count). The summed E-state index contributed by atoms with van der Waals surface area (Å²) in [5.41, 5.74) is 0.156. The van der Waals surface area contributed by atoms with E-state index in [0.717, 1.165) is 12.8 Å². The van der Waals surface area contributed by atoms with Gasteiger partial charge < -0.3 is 9.73 Å². The average molecular weight is 274 g/mol. The predicted molar refractivity (Wildman–Crippen MR) is 74.7 cm³/mol. The number of aromatic amines is 1. The Morgan fingerprint density at radius 1 is 1.30 bits per heavy atom. The number of nitrogens with zero attached hydrogens (tertiary/aromatic N) is 2. The average Bonchev–Trinajstić information content (AvgIpc) is 2.96. The first-order valence-electron chi connectivity index (χ1n) is 7.06. The summed E-state index contributed by atoms with van der Waals surface area (Å²) in [6.45, 7) is 0. The predicted octanol–water partition coefficient (Wildman–Crippen LogP) is 2.09. The van der Waals surface area contributed by atoms with Gasteiger partial charge in [-0.3, -0.25) is 9.78 Å². The van der Waals surface area contributed by atoms with Crippen LogP contribution in [0.4, 0.5) is 5.95 Å². The molecule has 6 nitrogen and oxygen atoms in total. The molecule has 106 valence electrons. The van der Waals surface area contributed by atoms with Gasteiger partial charge in [0.15, 0.2) is 0 Å². The maximum absolute atomic E-state index is 12.0. The second kappa shape index (κ2) is 5.90. The van der Waals surface area contributed by atoms with E-state index in [1.807, 2.05) is 6.07 Å². The quantitative estimate of drug-likeness (QED) is 0.892. The van der Waals surface area contributed by atoms with Crippen molar-refractivity contribution in [2.75, 3.05) is 5.32 Å². The van der Waals surface area contributed by atoms with Gasteiger partial charge in [-0.15, -0.1) is 10.2 Å². The van der Waals surface area contributed by atoms with Gasteiger partial charge in [-0.05, 0) is 25.0 Å². The normalized spacial score (nSPS) is 16.2. The highest BCUT2D eigenvalue weighted by molar-refractivity contribution is 5.24. The highest BCUT2D eigenvalue weighted by atomic mass is 16.3. The molecule has 0 saturated heterocycles. The fourth-order valence-electron chi connectivity index (χ4n) is 2.56. The number of hydrogen-bond acceptors (Lipinski definition) is 5. The fourth-order valence-corrected chi connectivity index (χ4v) is 2.56. The van der Waals surface area contributed by atoms with E-state index >= 15 is 0 Å². The topological polar surface area (TPSA) is 83.8 Å². The van der Waals surface area contributed by atoms with Crippen LogP contribution in [0.5, 0.6) is 0 Å². The zero-order valence-corrected chi connectivity index (χ0v) is 11.3. The van der Waals surface area contributed by atoms with Gasteiger partial charge in [0.1, 0.15) is 11.5 Å². The molecule has 0 aliphatic heterocycles. The maximum Gasteiger partial charge on any atom is 0.274 e. The van der Waals surface area contributed by atoms with E-state index < -0.39 is 0 Å². The number of hydrogen-bond donors (Lipinski definition) is 2. The Hall–Kier alpha value is -2.11. The molecule has 1 aliphatic rings. The molecule has 0 atom stereocenters. The van der Waals surface area contributed by atoms with Crippen molar-refractivity contribution in [3.63, 3.8) is 0 Å². The standard InChI is InChI=1S/C14H18N4O2/c19-13-12(9-11-7-4-8-20-11)17-18-14(16-13)15-10-5-2-1-3-6-10/h4,7-8,10H,1-3,5-6,9H2,(H2,15,16,18,19). The van der Waals surface area contributed by atoms with Crippen LogP contribution >= 0.6 is 0 Å². The van der Waals surface area contributed by atoms with E-state index in [1.54, 1.807) is 12.3 Å². The van der Waals surface area contributed by atoms with Crippen LogP contribution in [0.15, 0.2) is 27.6 Å². The number of rotatable bonds is 4. The SMILES string of the molecule is O=c1[nH]c(NC2CCCCC2)nnc1Cc1ccco1. The second-order valence-corrected chi connectivity index (χ2v) is 5.18. The molecule has 0 bridgehead atoms. The molecular weight excluding hydrogens is 256 g/mol. The van der Waals surface area contributed by atoms with Gasteiger partial charge in [0.05, 0.1) is 12.7 Å². The largest absolute Gasteiger partial charge is 0.469 e. The molecule has 20 heavy (non-hydrogen) atoms. The third-order valence-electron chi connectivity index (χ3n) is 3.63. The van der Waals surface area contributed by atoms with Crippen LogP contribution < -0.4 is 10.9 Å². The number of aromatic nitrogens is 3. The van der Waals surface area contributed by atoms with Gasteiger partial charge in [0.2, 0.25) is 5.95 Å². The Morgan fingerprint density at radius 2 is 2.15 bits per heavy atom. The van der Waals surface area contributed by atoms with Crippen LogP contribution in [0.25, 0.3) is 0 Å². The van der Waals surface area contributed by atoms with Gasteiger partial charge >= 0.3 is 0 Å². The summed E-state index contributed by atoms with van der Waals surface area (Å²) >= 11 is 0. The summed E-state index contributed by atoms with van der Waals surface area (Å²) in [6, 6.07) is 4.00. The monoisotopic (exact) mass is 274 g/mol. The molecule has 6 heteroatoms. The summed E-state index contributed by atoms with van der Waals surface area (Å²) in [7, 11) is 0. The lowest BCUT2D eigenvalue weighted by atomic mass is 9.96. The molecule has 1 aliphatic carbocycles. The summed E-state index contributed by atoms with van der Waals surface area (Å²) in [4.78, 5) is 14.7. The number of anilines is 1. The van der Waals surface area contributed by atoms with Crippen molar-refractivity contribution in [1.82, 2.24) is 15.2 Å². The highest BCUT2D eigenvalue weighted by Gasteiger charge is 2.15. The molecule has 1 saturated carbocycles. The fraction of sp³-hybridized carbons (Fsp3) is 0.500. The molecule has 2 heterocycles. The van der Waals surface area contributed by atoms with Crippen molar-refractivity contribution >= 4 is 5.95 Å². The van der Waals surface area contributed by atoms with Crippen molar-refractivity contribution in [2.45, 2.75) is 44.6 Å². The van der Waals surface area contributed by atoms with Crippen LogP contribution in [0.1, 0.15) is 43.6 Å². The molecule has 2 aromatic heterocycles. The van der Waals surface area contributed by atoms with E-state index in [2.05, 4.69) is 20.5 Å². The molecule has 0 radical (unpaired) electrons. The minimum Gasteiger partial charge on any atom is -0.469 e. The molecule has 0 unspecified atom stereocenters. The lowest BCUT2D eigenvalue weighted by Crippen LogP contribution is -2.27. The van der Waals surface area contributed by atoms with E-state index in [9.17, 15) is 4.79 Å². The van der Waals surface area contributed by atoms with Crippen LogP contribution in [0.3, 0.4) is 0 Å². The van der Waals surface area contributed by atoms with Crippen LogP contribution in [-0.2, 0) is 6.42 Å². The van der Waals surface area contributed by atoms with Crippen molar-refractivity contribution < 1.29 is 4.42 Å². The summed E-state index contributed by atoms with van der Waals surface area (Å²) in [6.07, 6.45) is 7.94. The van der Waals surface area contributed by atoms with Gasteiger partial charge in [-0.2, -0.15) is 0 Å². The Balaban J connectivity index is 1.68. The number of furan rings is 1. The van der Waals surface area contributed by atoms with E-state index in [0.29, 0.717) is 29.9 Å². The van der Waals surface area contributed by atoms with Gasteiger partial charge in [-0.1, -0.05) is 19.3 Å². The molecular formula is C14H18N4O2. The lowest BCUT2D eigenvalue weighted by molar-refractivity contribution is 0.460. The molecule has 0 amide bonds. The van der Waals surface area contributed by atoms with Crippen LogP contribution in [0, 0.1) is 0 Å². The Labute approximate surface area is 116 Å². The first kappa shape index (κ1) is 12.9. The molecule has 0 spiro atoms. The minimum atomic E-state index is -0.213. The first-order chi connectivity index (χ1) is 9.81. The van der Waals surface area contributed by atoms with Gasteiger partial charge in [0.25, 0.3) is 5.56 Å². The molecule has 1 fully saturated rings. The summed E-state index contributed by atoms with van der Waals surface area (Å²) in [5.74, 6) is 1.17. The van der Waals surface area contributed by atoms with Crippen molar-refractivity contribution in [3.8, 4) is 0 Å². The second-order valence-electron chi connectivity index (χ2n) is 5.18. The van der Waals surface area contributed by atoms with Crippen LogP contribution in [-0.4, -0.2) is 21.2 Å². The summed E-state index contributed by atoms with van der Waals surface area (Å²) < 4.78 is 5.21. The molecule has 2 N–H and O–H groups in total. The van der Waals surface area contributed by atoms with Gasteiger partial charge in [0, 0.05) is 6.04 Å². The smallest absolute Gasteiger partial charge is 0.274 e. The van der Waals surface area contributed by atoms with Crippen LogP contribution in [0.2, 0.25) is 0 Å². The van der Waals surface area contributed by atoms with E-state index in [4.69, 9.17) is 4.42 Å². The Kier molecular flexibility index (Phi) is 3.80. The zero-order valence-electron chi connectivity index (χ0n) is 11.3. The molecule has 0 aromatic carbocycles. The highest BCUT2D eigenvalue weighted by Crippen LogP contribution is 2.19. The molecule has 2 aromatic rings. The minimum absolute atomic E-state index is 0.213. The summed E-state index contributed by atoms with van der Waals surface area (Å²) in [5, 5.41) is 11.3. The zero-order chi connectivity index (χ0) is 13.8. The Bertz CT molecular complexity index is 600. The van der Waals surface area contributed by atoms with E-state index in [-0.39, 0.29) is 5.56 Å². The van der Waals surface area contributed by atoms with E-state index in [1.165, 1.54) is 19.3 Å². The third-order valence-corrected chi connectivity index (χ3v) is 3.63. The van der Waals surface area contributed by atoms with Gasteiger partial charge in [-0.25, -0.2) is 0 Å². The lowest BCUT2D eigenvalue weighted by Gasteiger charge is -2.22. The van der Waals surface area contributed by atoms with Crippen molar-refractivity contribution in [3.05, 3.63) is 40.2 Å². The Morgan fingerprint density at radius 3 is 2.85 bits per heavy atom. The number of H-pyrrole nitrogens is 1. The third kappa shape index (κ3) is 3.07. The first-order valence-corrected chi connectivity index (χ1v) is 7.06. The number of nitrogens with one attached hydrogen (secondary N) is 2.